The van der Waals surface area contributed by atoms with Gasteiger partial charge in [-0.25, -0.2) is 8.78 Å². The molecule has 5 heteroatoms. The van der Waals surface area contributed by atoms with Crippen LogP contribution in [0.25, 0.3) is 0 Å². The number of methoxy groups -OCH3 is 1. The van der Waals surface area contributed by atoms with Crippen molar-refractivity contribution in [1.82, 2.24) is 5.32 Å². The maximum absolute atomic E-state index is 13.7. The predicted octanol–water partition coefficient (Wildman–Crippen LogP) is 2.74. The third-order valence-electron chi connectivity index (χ3n) is 4.26. The lowest BCUT2D eigenvalue weighted by Gasteiger charge is -2.51. The molecule has 108 valence electrons. The van der Waals surface area contributed by atoms with Crippen molar-refractivity contribution in [2.45, 2.75) is 39.0 Å². The summed E-state index contributed by atoms with van der Waals surface area (Å²) in [5.74, 6) is -1.37. The first-order valence-electron chi connectivity index (χ1n) is 6.54. The van der Waals surface area contributed by atoms with Crippen LogP contribution in [0.5, 0.6) is 0 Å². The van der Waals surface area contributed by atoms with Gasteiger partial charge in [-0.2, -0.15) is 5.26 Å². The van der Waals surface area contributed by atoms with Gasteiger partial charge in [-0.05, 0) is 18.6 Å². The minimum absolute atomic E-state index is 0.00725. The number of benzene rings is 1. The number of rotatable bonds is 4. The first-order chi connectivity index (χ1) is 9.40. The molecule has 1 aromatic rings. The largest absolute Gasteiger partial charge is 0.381 e. The molecule has 2 rings (SSSR count). The number of halogens is 2. The third-order valence-corrected chi connectivity index (χ3v) is 4.26. The van der Waals surface area contributed by atoms with Gasteiger partial charge in [-0.15, -0.1) is 0 Å². The molecule has 2 atom stereocenters. The van der Waals surface area contributed by atoms with Gasteiger partial charge < -0.3 is 10.1 Å². The lowest BCUT2D eigenvalue weighted by molar-refractivity contribution is -0.0980. The maximum atomic E-state index is 13.7. The van der Waals surface area contributed by atoms with Crippen LogP contribution in [0.15, 0.2) is 12.1 Å². The van der Waals surface area contributed by atoms with E-state index >= 15 is 0 Å². The molecule has 0 radical (unpaired) electrons. The first-order valence-corrected chi connectivity index (χ1v) is 6.54. The van der Waals surface area contributed by atoms with E-state index in [1.807, 2.05) is 0 Å². The Labute approximate surface area is 117 Å². The summed E-state index contributed by atoms with van der Waals surface area (Å²) in [6, 6.07) is 4.01. The van der Waals surface area contributed by atoms with Crippen molar-refractivity contribution in [3.63, 3.8) is 0 Å². The van der Waals surface area contributed by atoms with Crippen molar-refractivity contribution in [3.8, 4) is 6.07 Å². The van der Waals surface area contributed by atoms with Gasteiger partial charge >= 0.3 is 0 Å². The minimum Gasteiger partial charge on any atom is -0.381 e. The molecule has 1 aromatic carbocycles. The maximum Gasteiger partial charge on any atom is 0.131 e. The predicted molar refractivity (Wildman–Crippen MR) is 70.9 cm³/mol. The van der Waals surface area contributed by atoms with Gasteiger partial charge in [-0.3, -0.25) is 0 Å². The summed E-state index contributed by atoms with van der Waals surface area (Å²) in [4.78, 5) is 0. The van der Waals surface area contributed by atoms with Crippen LogP contribution >= 0.6 is 0 Å². The number of hydrogen-bond donors (Lipinski definition) is 1. The zero-order chi connectivity index (χ0) is 14.9. The zero-order valence-corrected chi connectivity index (χ0v) is 11.8. The Morgan fingerprint density at radius 1 is 1.40 bits per heavy atom. The van der Waals surface area contributed by atoms with Gasteiger partial charge in [0.25, 0.3) is 0 Å². The normalized spacial score (nSPS) is 24.0. The molecule has 1 saturated carbocycles. The Morgan fingerprint density at radius 3 is 2.45 bits per heavy atom. The fraction of sp³-hybridized carbons (Fsp3) is 0.533. The van der Waals surface area contributed by atoms with Gasteiger partial charge in [0, 0.05) is 30.7 Å². The number of nitrogens with one attached hydrogen (secondary N) is 1. The highest BCUT2D eigenvalue weighted by Gasteiger charge is 2.48. The lowest BCUT2D eigenvalue weighted by atomic mass is 9.64. The second-order valence-electron chi connectivity index (χ2n) is 5.75. The molecule has 0 saturated heterocycles. The summed E-state index contributed by atoms with van der Waals surface area (Å²) < 4.78 is 32.8. The van der Waals surface area contributed by atoms with Crippen LogP contribution in [0.3, 0.4) is 0 Å². The second kappa shape index (κ2) is 5.47. The molecule has 0 aliphatic heterocycles. The van der Waals surface area contributed by atoms with Crippen molar-refractivity contribution in [2.75, 3.05) is 7.11 Å². The van der Waals surface area contributed by atoms with Gasteiger partial charge in [0.05, 0.1) is 17.7 Å². The van der Waals surface area contributed by atoms with Crippen molar-refractivity contribution < 1.29 is 13.5 Å². The molecule has 1 aliphatic rings. The summed E-state index contributed by atoms with van der Waals surface area (Å²) >= 11 is 0. The van der Waals surface area contributed by atoms with E-state index in [9.17, 15) is 8.78 Å². The molecule has 20 heavy (non-hydrogen) atoms. The highest BCUT2D eigenvalue weighted by molar-refractivity contribution is 5.34. The standard InChI is InChI=1S/C15H18F2N2O/c1-15(2)13(6-14(15)20-3)19-8-10-11(16)4-9(7-18)5-12(10)17/h4-5,13-14,19H,6,8H2,1-3H3. The van der Waals surface area contributed by atoms with E-state index in [1.165, 1.54) is 0 Å². The fourth-order valence-corrected chi connectivity index (χ4v) is 2.69. The van der Waals surface area contributed by atoms with Crippen molar-refractivity contribution >= 4 is 0 Å². The van der Waals surface area contributed by atoms with Crippen molar-refractivity contribution in [3.05, 3.63) is 34.9 Å². The molecule has 1 aliphatic carbocycles. The molecule has 1 fully saturated rings. The van der Waals surface area contributed by atoms with E-state index in [1.54, 1.807) is 13.2 Å². The third kappa shape index (κ3) is 2.54. The van der Waals surface area contributed by atoms with Crippen LogP contribution < -0.4 is 5.32 Å². The highest BCUT2D eigenvalue weighted by atomic mass is 19.1. The van der Waals surface area contributed by atoms with Crippen LogP contribution in [0.2, 0.25) is 0 Å². The lowest BCUT2D eigenvalue weighted by Crippen LogP contribution is -2.60. The van der Waals surface area contributed by atoms with E-state index in [-0.39, 0.29) is 35.2 Å². The number of hydrogen-bond acceptors (Lipinski definition) is 3. The number of ether oxygens (including phenoxy) is 1. The Bertz CT molecular complexity index is 528. The molecular formula is C15H18F2N2O. The molecular weight excluding hydrogens is 262 g/mol. The second-order valence-corrected chi connectivity index (χ2v) is 5.75. The van der Waals surface area contributed by atoms with Crippen molar-refractivity contribution in [2.24, 2.45) is 5.41 Å². The summed E-state index contributed by atoms with van der Waals surface area (Å²) in [5.41, 5.74) is -0.0956. The summed E-state index contributed by atoms with van der Waals surface area (Å²) in [6.45, 7) is 4.23. The monoisotopic (exact) mass is 280 g/mol. The summed E-state index contributed by atoms with van der Waals surface area (Å²) in [7, 11) is 1.67. The molecule has 3 nitrogen and oxygen atoms in total. The zero-order valence-electron chi connectivity index (χ0n) is 11.8. The molecule has 0 heterocycles. The average molecular weight is 280 g/mol. The Morgan fingerprint density at radius 2 is 2.00 bits per heavy atom. The van der Waals surface area contributed by atoms with Gasteiger partial charge in [0.15, 0.2) is 0 Å². The number of nitrogens with zero attached hydrogens (tertiary/aromatic N) is 1. The SMILES string of the molecule is COC1CC(NCc2c(F)cc(C#N)cc2F)C1(C)C. The van der Waals surface area contributed by atoms with E-state index in [4.69, 9.17) is 10.00 Å². The van der Waals surface area contributed by atoms with E-state index in [0.29, 0.717) is 0 Å². The molecule has 0 aromatic heterocycles. The van der Waals surface area contributed by atoms with E-state index in [2.05, 4.69) is 19.2 Å². The Kier molecular flexibility index (Phi) is 4.07. The molecule has 1 N–H and O–H groups in total. The van der Waals surface area contributed by atoms with Gasteiger partial charge in [0.2, 0.25) is 0 Å². The highest BCUT2D eigenvalue weighted by Crippen LogP contribution is 2.42. The Balaban J connectivity index is 2.05. The summed E-state index contributed by atoms with van der Waals surface area (Å²) in [6.07, 6.45) is 0.985. The molecule has 0 amide bonds. The van der Waals surface area contributed by atoms with E-state index < -0.39 is 11.6 Å². The van der Waals surface area contributed by atoms with Crippen LogP contribution in [0, 0.1) is 28.4 Å². The van der Waals surface area contributed by atoms with Crippen LogP contribution in [-0.2, 0) is 11.3 Å². The van der Waals surface area contributed by atoms with Gasteiger partial charge in [-0.1, -0.05) is 13.8 Å². The summed E-state index contributed by atoms with van der Waals surface area (Å²) in [5, 5.41) is 11.8. The first kappa shape index (κ1) is 14.9. The Hall–Kier alpha value is -1.51. The van der Waals surface area contributed by atoms with Crippen LogP contribution in [-0.4, -0.2) is 19.3 Å². The molecule has 0 bridgehead atoms. The average Bonchev–Trinajstić information content (AvgIpc) is 2.39. The fourth-order valence-electron chi connectivity index (χ4n) is 2.69. The van der Waals surface area contributed by atoms with Crippen LogP contribution in [0.1, 0.15) is 31.4 Å². The topological polar surface area (TPSA) is 45.0 Å². The molecule has 0 spiro atoms. The van der Waals surface area contributed by atoms with Crippen LogP contribution in [0.4, 0.5) is 8.78 Å². The van der Waals surface area contributed by atoms with E-state index in [0.717, 1.165) is 18.6 Å². The smallest absolute Gasteiger partial charge is 0.131 e. The van der Waals surface area contributed by atoms with Gasteiger partial charge in [0.1, 0.15) is 11.6 Å². The number of nitriles is 1. The minimum atomic E-state index is -0.686. The van der Waals surface area contributed by atoms with Crippen molar-refractivity contribution in [1.29, 1.82) is 5.26 Å². The quantitative estimate of drug-likeness (QED) is 0.922. The molecule has 2 unspecified atom stereocenters.